The minimum absolute atomic E-state index is 0.546. The summed E-state index contributed by atoms with van der Waals surface area (Å²) in [5.74, 6) is 0. The molecule has 0 aromatic heterocycles. The van der Waals surface area contributed by atoms with Crippen LogP contribution in [0, 0.1) is 0 Å². The van der Waals surface area contributed by atoms with E-state index in [0.29, 0.717) is 0 Å². The predicted octanol–water partition coefficient (Wildman–Crippen LogP) is 0.499. The van der Waals surface area contributed by atoms with Gasteiger partial charge in [0, 0.05) is 0 Å². The molecule has 1 amide bonds. The summed E-state index contributed by atoms with van der Waals surface area (Å²) in [5, 5.41) is 4.54. The SMILES string of the molecule is COC(=O)N1C=COC=N1. The summed E-state index contributed by atoms with van der Waals surface area (Å²) < 4.78 is 8.93. The lowest BCUT2D eigenvalue weighted by molar-refractivity contribution is 0.138. The summed E-state index contributed by atoms with van der Waals surface area (Å²) in [6, 6.07) is 0. The fourth-order valence-electron chi connectivity index (χ4n) is 0.446. The summed E-state index contributed by atoms with van der Waals surface area (Å²) in [5.41, 5.74) is 0. The normalized spacial score (nSPS) is 14.7. The highest BCUT2D eigenvalue weighted by Gasteiger charge is 2.09. The number of carbonyl (C=O) groups is 1. The molecule has 1 heterocycles. The highest BCUT2D eigenvalue weighted by Crippen LogP contribution is 1.98. The Labute approximate surface area is 57.5 Å². The van der Waals surface area contributed by atoms with Gasteiger partial charge >= 0.3 is 6.09 Å². The molecule has 5 heteroatoms. The molecule has 0 bridgehead atoms. The van der Waals surface area contributed by atoms with Crippen LogP contribution in [0.2, 0.25) is 0 Å². The number of hydrogen-bond donors (Lipinski definition) is 0. The maximum atomic E-state index is 10.6. The fraction of sp³-hybridized carbons (Fsp3) is 0.200. The first-order chi connectivity index (χ1) is 4.84. The van der Waals surface area contributed by atoms with Crippen molar-refractivity contribution in [3.63, 3.8) is 0 Å². The molecule has 0 fully saturated rings. The molecular weight excluding hydrogens is 136 g/mol. The molecule has 0 spiro atoms. The van der Waals surface area contributed by atoms with E-state index >= 15 is 0 Å². The standard InChI is InChI=1S/C5H6N2O3/c1-9-5(8)7-2-3-10-4-6-7/h2-4H,1H3. The molecule has 0 aliphatic carbocycles. The van der Waals surface area contributed by atoms with Crippen LogP contribution in [0.15, 0.2) is 17.6 Å². The van der Waals surface area contributed by atoms with E-state index in [2.05, 4.69) is 14.6 Å². The third-order valence-electron chi connectivity index (χ3n) is 0.875. The molecule has 0 atom stereocenters. The van der Waals surface area contributed by atoms with Crippen LogP contribution >= 0.6 is 0 Å². The van der Waals surface area contributed by atoms with E-state index in [1.165, 1.54) is 19.6 Å². The first-order valence-electron chi connectivity index (χ1n) is 2.56. The van der Waals surface area contributed by atoms with Crippen molar-refractivity contribution in [2.45, 2.75) is 0 Å². The van der Waals surface area contributed by atoms with Crippen LogP contribution in [-0.2, 0) is 9.47 Å². The number of ether oxygens (including phenoxy) is 2. The molecule has 0 radical (unpaired) electrons. The van der Waals surface area contributed by atoms with E-state index in [0.717, 1.165) is 11.4 Å². The molecule has 0 saturated carbocycles. The smallest absolute Gasteiger partial charge is 0.434 e. The Morgan fingerprint density at radius 2 is 2.60 bits per heavy atom. The second-order valence-electron chi connectivity index (χ2n) is 1.46. The summed E-state index contributed by atoms with van der Waals surface area (Å²) in [4.78, 5) is 10.6. The van der Waals surface area contributed by atoms with Crippen molar-refractivity contribution >= 4 is 12.5 Å². The number of nitrogens with zero attached hydrogens (tertiary/aromatic N) is 2. The van der Waals surface area contributed by atoms with Gasteiger partial charge in [-0.2, -0.15) is 5.01 Å². The topological polar surface area (TPSA) is 51.1 Å². The molecule has 0 aromatic carbocycles. The first kappa shape index (κ1) is 6.60. The Morgan fingerprint density at radius 1 is 1.80 bits per heavy atom. The maximum absolute atomic E-state index is 10.6. The Bertz CT molecular complexity index is 175. The molecule has 0 N–H and O–H groups in total. The summed E-state index contributed by atoms with van der Waals surface area (Å²) >= 11 is 0. The lowest BCUT2D eigenvalue weighted by Gasteiger charge is -2.11. The monoisotopic (exact) mass is 142 g/mol. The van der Waals surface area contributed by atoms with Gasteiger partial charge in [-0.1, -0.05) is 0 Å². The Balaban J connectivity index is 2.55. The minimum atomic E-state index is -0.546. The second-order valence-corrected chi connectivity index (χ2v) is 1.46. The van der Waals surface area contributed by atoms with Gasteiger partial charge in [-0.25, -0.2) is 4.79 Å². The van der Waals surface area contributed by atoms with E-state index in [4.69, 9.17) is 0 Å². The van der Waals surface area contributed by atoms with Gasteiger partial charge < -0.3 is 9.47 Å². The largest absolute Gasteiger partial charge is 0.451 e. The van der Waals surface area contributed by atoms with Gasteiger partial charge in [0.15, 0.2) is 6.40 Å². The number of methoxy groups -OCH3 is 1. The van der Waals surface area contributed by atoms with Gasteiger partial charge in [-0.05, 0) is 0 Å². The van der Waals surface area contributed by atoms with E-state index in [9.17, 15) is 4.79 Å². The molecule has 1 rings (SSSR count). The lowest BCUT2D eigenvalue weighted by Crippen LogP contribution is -2.21. The molecule has 0 saturated heterocycles. The van der Waals surface area contributed by atoms with Crippen LogP contribution in [-0.4, -0.2) is 24.6 Å². The zero-order chi connectivity index (χ0) is 7.40. The Kier molecular flexibility index (Phi) is 1.89. The first-order valence-corrected chi connectivity index (χ1v) is 2.56. The zero-order valence-electron chi connectivity index (χ0n) is 5.35. The van der Waals surface area contributed by atoms with Crippen molar-refractivity contribution in [1.82, 2.24) is 5.01 Å². The lowest BCUT2D eigenvalue weighted by atomic mass is 10.8. The highest BCUT2D eigenvalue weighted by molar-refractivity contribution is 5.70. The van der Waals surface area contributed by atoms with Crippen molar-refractivity contribution < 1.29 is 14.3 Å². The van der Waals surface area contributed by atoms with Crippen LogP contribution in [0.4, 0.5) is 4.79 Å². The van der Waals surface area contributed by atoms with Crippen molar-refractivity contribution in [3.8, 4) is 0 Å². The Morgan fingerprint density at radius 3 is 3.10 bits per heavy atom. The van der Waals surface area contributed by atoms with Crippen LogP contribution < -0.4 is 0 Å². The molecule has 5 nitrogen and oxygen atoms in total. The summed E-state index contributed by atoms with van der Waals surface area (Å²) in [7, 11) is 1.28. The van der Waals surface area contributed by atoms with Crippen LogP contribution in [0.1, 0.15) is 0 Å². The van der Waals surface area contributed by atoms with E-state index in [-0.39, 0.29) is 0 Å². The minimum Gasteiger partial charge on any atom is -0.451 e. The van der Waals surface area contributed by atoms with Gasteiger partial charge in [-0.15, -0.1) is 5.10 Å². The molecule has 54 valence electrons. The third-order valence-corrected chi connectivity index (χ3v) is 0.875. The maximum Gasteiger partial charge on any atom is 0.434 e. The number of hydrogen-bond acceptors (Lipinski definition) is 4. The van der Waals surface area contributed by atoms with Crippen molar-refractivity contribution in [1.29, 1.82) is 0 Å². The van der Waals surface area contributed by atoms with Crippen molar-refractivity contribution in [3.05, 3.63) is 12.5 Å². The number of hydrazone groups is 1. The molecule has 0 aromatic rings. The van der Waals surface area contributed by atoms with Gasteiger partial charge in [0.25, 0.3) is 0 Å². The van der Waals surface area contributed by atoms with Crippen LogP contribution in [0.5, 0.6) is 0 Å². The van der Waals surface area contributed by atoms with Gasteiger partial charge in [0.1, 0.15) is 6.26 Å². The van der Waals surface area contributed by atoms with Crippen molar-refractivity contribution in [2.75, 3.05) is 7.11 Å². The van der Waals surface area contributed by atoms with E-state index in [1.54, 1.807) is 0 Å². The second kappa shape index (κ2) is 2.86. The molecule has 0 unspecified atom stereocenters. The van der Waals surface area contributed by atoms with Crippen LogP contribution in [0.3, 0.4) is 0 Å². The molecular formula is C5H6N2O3. The third kappa shape index (κ3) is 1.25. The molecule has 1 aliphatic heterocycles. The van der Waals surface area contributed by atoms with Gasteiger partial charge in [0.05, 0.1) is 13.3 Å². The Hall–Kier alpha value is -1.52. The number of rotatable bonds is 0. The van der Waals surface area contributed by atoms with E-state index in [1.807, 2.05) is 0 Å². The summed E-state index contributed by atoms with van der Waals surface area (Å²) in [6.07, 6.45) is 3.27. The zero-order valence-corrected chi connectivity index (χ0v) is 5.35. The van der Waals surface area contributed by atoms with Crippen molar-refractivity contribution in [2.24, 2.45) is 5.10 Å². The fourth-order valence-corrected chi connectivity index (χ4v) is 0.446. The number of carbonyl (C=O) groups excluding carboxylic acids is 1. The van der Waals surface area contributed by atoms with Gasteiger partial charge in [0.2, 0.25) is 0 Å². The number of amides is 1. The predicted molar refractivity (Wildman–Crippen MR) is 33.0 cm³/mol. The average molecular weight is 142 g/mol. The molecule has 10 heavy (non-hydrogen) atoms. The average Bonchev–Trinajstić information content (AvgIpc) is 2.05. The van der Waals surface area contributed by atoms with Gasteiger partial charge in [-0.3, -0.25) is 0 Å². The van der Waals surface area contributed by atoms with Crippen LogP contribution in [0.25, 0.3) is 0 Å². The van der Waals surface area contributed by atoms with E-state index < -0.39 is 6.09 Å². The molecule has 1 aliphatic rings. The highest BCUT2D eigenvalue weighted by atomic mass is 16.5. The quantitative estimate of drug-likeness (QED) is 0.494. The summed E-state index contributed by atoms with van der Waals surface area (Å²) in [6.45, 7) is 0.